The van der Waals surface area contributed by atoms with E-state index in [4.69, 9.17) is 5.73 Å². The fourth-order valence-electron chi connectivity index (χ4n) is 5.31. The number of aryl methyl sites for hydroxylation is 1. The second-order valence-electron chi connectivity index (χ2n) is 9.73. The number of benzene rings is 2. The van der Waals surface area contributed by atoms with E-state index in [2.05, 4.69) is 10.1 Å². The van der Waals surface area contributed by atoms with Crippen molar-refractivity contribution in [3.05, 3.63) is 59.4 Å². The molecule has 37 heavy (non-hydrogen) atoms. The third-order valence-corrected chi connectivity index (χ3v) is 7.34. The van der Waals surface area contributed by atoms with Crippen molar-refractivity contribution in [1.29, 1.82) is 0 Å². The van der Waals surface area contributed by atoms with Crippen molar-refractivity contribution in [1.82, 2.24) is 10.2 Å². The van der Waals surface area contributed by atoms with Crippen LogP contribution in [0.1, 0.15) is 56.6 Å². The Balaban J connectivity index is 2.01. The molecule has 0 aliphatic carbocycles. The Kier molecular flexibility index (Phi) is 10.5. The van der Waals surface area contributed by atoms with Crippen molar-refractivity contribution < 1.29 is 23.8 Å². The second kappa shape index (κ2) is 13.5. The lowest BCUT2D eigenvalue weighted by molar-refractivity contribution is -0.136. The first kappa shape index (κ1) is 28.6. The number of hydrogen-bond donors (Lipinski definition) is 3. The average Bonchev–Trinajstić information content (AvgIpc) is 2.93. The van der Waals surface area contributed by atoms with Gasteiger partial charge >= 0.3 is 6.09 Å². The summed E-state index contributed by atoms with van der Waals surface area (Å²) >= 11 is 0. The first-order chi connectivity index (χ1) is 17.8. The summed E-state index contributed by atoms with van der Waals surface area (Å²) in [5.41, 5.74) is 6.87. The van der Waals surface area contributed by atoms with Crippen LogP contribution in [0.3, 0.4) is 0 Å². The summed E-state index contributed by atoms with van der Waals surface area (Å²) in [6, 6.07) is 12.6. The number of alkyl carbamates (subject to hydrolysis) is 1. The third kappa shape index (κ3) is 7.08. The molecule has 1 saturated heterocycles. The highest BCUT2D eigenvalue weighted by Crippen LogP contribution is 2.44. The van der Waals surface area contributed by atoms with Gasteiger partial charge in [-0.15, -0.1) is 0 Å². The first-order valence-corrected chi connectivity index (χ1v) is 13.2. The highest BCUT2D eigenvalue weighted by molar-refractivity contribution is 5.76. The van der Waals surface area contributed by atoms with Crippen molar-refractivity contribution in [3.63, 3.8) is 0 Å². The lowest BCUT2D eigenvalue weighted by Crippen LogP contribution is -2.48. The van der Waals surface area contributed by atoms with E-state index in [1.807, 2.05) is 31.2 Å². The van der Waals surface area contributed by atoms with Gasteiger partial charge in [0.05, 0.1) is 12.7 Å². The Labute approximate surface area is 219 Å². The largest absolute Gasteiger partial charge is 0.453 e. The van der Waals surface area contributed by atoms with Gasteiger partial charge in [0.1, 0.15) is 5.82 Å². The number of hydrogen-bond acceptors (Lipinski definition) is 5. The van der Waals surface area contributed by atoms with Crippen LogP contribution in [-0.4, -0.2) is 55.3 Å². The Bertz CT molecular complexity index is 1060. The number of likely N-dealkylation sites (tertiary alicyclic amines) is 1. The van der Waals surface area contributed by atoms with Crippen LogP contribution in [0.15, 0.2) is 42.5 Å². The summed E-state index contributed by atoms with van der Waals surface area (Å²) < 4.78 is 20.1. The predicted octanol–water partition coefficient (Wildman–Crippen LogP) is 4.36. The molecule has 8 heteroatoms. The molecule has 1 unspecified atom stereocenters. The summed E-state index contributed by atoms with van der Waals surface area (Å²) in [4.78, 5) is 26.2. The molecule has 0 spiro atoms. The Morgan fingerprint density at radius 1 is 1.24 bits per heavy atom. The van der Waals surface area contributed by atoms with Crippen LogP contribution in [0, 0.1) is 11.7 Å². The Morgan fingerprint density at radius 3 is 2.76 bits per heavy atom. The molecule has 202 valence electrons. The van der Waals surface area contributed by atoms with Crippen molar-refractivity contribution in [2.45, 2.75) is 57.5 Å². The van der Waals surface area contributed by atoms with Gasteiger partial charge in [0.2, 0.25) is 5.91 Å². The minimum atomic E-state index is -1.41. The number of halogens is 1. The van der Waals surface area contributed by atoms with Crippen LogP contribution in [0.25, 0.3) is 11.1 Å². The quantitative estimate of drug-likeness (QED) is 0.388. The Hall–Kier alpha value is -2.97. The molecule has 1 aliphatic rings. The number of nitrogens with zero attached hydrogens (tertiary/aromatic N) is 1. The number of methoxy groups -OCH3 is 1. The number of ether oxygens (including phenoxy) is 1. The second-order valence-corrected chi connectivity index (χ2v) is 9.73. The summed E-state index contributed by atoms with van der Waals surface area (Å²) in [7, 11) is 1.30. The normalized spacial score (nSPS) is 17.2. The average molecular weight is 514 g/mol. The Morgan fingerprint density at radius 2 is 2.03 bits per heavy atom. The van der Waals surface area contributed by atoms with E-state index in [9.17, 15) is 14.7 Å². The topological polar surface area (TPSA) is 105 Å². The molecule has 0 bridgehead atoms. The van der Waals surface area contributed by atoms with Crippen molar-refractivity contribution in [2.24, 2.45) is 11.7 Å². The summed E-state index contributed by atoms with van der Waals surface area (Å²) in [5, 5.41) is 15.1. The van der Waals surface area contributed by atoms with E-state index in [1.54, 1.807) is 17.0 Å². The van der Waals surface area contributed by atoms with Crippen LogP contribution < -0.4 is 11.1 Å². The highest BCUT2D eigenvalue weighted by Gasteiger charge is 2.43. The zero-order valence-corrected chi connectivity index (χ0v) is 22.0. The van der Waals surface area contributed by atoms with E-state index >= 15 is 4.39 Å². The maximum atomic E-state index is 15.5. The van der Waals surface area contributed by atoms with E-state index < -0.39 is 17.5 Å². The van der Waals surface area contributed by atoms with Crippen molar-refractivity contribution >= 4 is 12.0 Å². The smallest absolute Gasteiger partial charge is 0.406 e. The number of nitrogens with two attached hydrogens (primary N) is 1. The molecule has 2 atom stereocenters. The summed E-state index contributed by atoms with van der Waals surface area (Å²) in [5.74, 6) is -0.667. The molecule has 2 aromatic carbocycles. The van der Waals surface area contributed by atoms with Crippen LogP contribution in [0.2, 0.25) is 0 Å². The number of rotatable bonds is 11. The van der Waals surface area contributed by atoms with Crippen molar-refractivity contribution in [3.8, 4) is 11.1 Å². The van der Waals surface area contributed by atoms with Crippen LogP contribution in [-0.2, 0) is 21.6 Å². The van der Waals surface area contributed by atoms with Gasteiger partial charge in [-0.2, -0.15) is 0 Å². The van der Waals surface area contributed by atoms with Gasteiger partial charge in [-0.1, -0.05) is 43.3 Å². The number of carbonyl (C=O) groups excluding carboxylic acids is 2. The number of carbonyl (C=O) groups is 2. The summed E-state index contributed by atoms with van der Waals surface area (Å²) in [6.45, 7) is 3.81. The molecule has 1 aliphatic heterocycles. The van der Waals surface area contributed by atoms with Gasteiger partial charge < -0.3 is 25.8 Å². The fraction of sp³-hybridized carbons (Fsp3) is 0.517. The molecule has 7 nitrogen and oxygen atoms in total. The molecule has 4 N–H and O–H groups in total. The SMILES string of the molecule is CCc1cccc(-c2c(F)cccc2C(O)(CCCNC(=O)OC)[C@@H]2CCCN(C(=O)CCCN)C2)c1. The molecule has 1 fully saturated rings. The first-order valence-electron chi connectivity index (χ1n) is 13.2. The standard InChI is InChI=1S/C29H40FN3O4/c1-3-21-9-4-10-22(19-21)27-24(12-5-13-25(27)30)29(36,15-8-17-32-28(35)37-2)23-11-7-18-33(20-23)26(34)14-6-16-31/h4-5,9-10,12-13,19,23,36H,3,6-8,11,14-18,20,31H2,1-2H3,(H,32,35)/t23-,29?/m1/s1. The third-order valence-electron chi connectivity index (χ3n) is 7.34. The van der Waals surface area contributed by atoms with Gasteiger partial charge in [0.25, 0.3) is 0 Å². The summed E-state index contributed by atoms with van der Waals surface area (Å²) in [6.07, 6.45) is 3.45. The molecular formula is C29H40FN3O4. The fourth-order valence-corrected chi connectivity index (χ4v) is 5.31. The van der Waals surface area contributed by atoms with Gasteiger partial charge in [-0.3, -0.25) is 4.79 Å². The van der Waals surface area contributed by atoms with Gasteiger partial charge in [0.15, 0.2) is 0 Å². The monoisotopic (exact) mass is 513 g/mol. The van der Waals surface area contributed by atoms with Gasteiger partial charge in [-0.25, -0.2) is 9.18 Å². The van der Waals surface area contributed by atoms with E-state index in [-0.39, 0.29) is 18.2 Å². The maximum absolute atomic E-state index is 15.5. The van der Waals surface area contributed by atoms with E-state index in [0.717, 1.165) is 18.4 Å². The van der Waals surface area contributed by atoms with Crippen LogP contribution in [0.5, 0.6) is 0 Å². The molecule has 0 aromatic heterocycles. The number of piperidine rings is 1. The molecular weight excluding hydrogens is 473 g/mol. The molecule has 0 saturated carbocycles. The molecule has 2 amide bonds. The maximum Gasteiger partial charge on any atom is 0.406 e. The minimum Gasteiger partial charge on any atom is -0.453 e. The minimum absolute atomic E-state index is 0.0278. The van der Waals surface area contributed by atoms with Gasteiger partial charge in [0, 0.05) is 37.5 Å². The highest BCUT2D eigenvalue weighted by atomic mass is 19.1. The molecule has 1 heterocycles. The van der Waals surface area contributed by atoms with E-state index in [1.165, 1.54) is 13.2 Å². The van der Waals surface area contributed by atoms with Crippen molar-refractivity contribution in [2.75, 3.05) is 33.3 Å². The molecule has 3 rings (SSSR count). The van der Waals surface area contributed by atoms with E-state index in [0.29, 0.717) is 68.6 Å². The molecule has 2 aromatic rings. The van der Waals surface area contributed by atoms with Crippen LogP contribution >= 0.6 is 0 Å². The lowest BCUT2D eigenvalue weighted by Gasteiger charge is -2.43. The van der Waals surface area contributed by atoms with Gasteiger partial charge in [-0.05, 0) is 67.8 Å². The zero-order chi connectivity index (χ0) is 26.8. The zero-order valence-electron chi connectivity index (χ0n) is 22.0. The predicted molar refractivity (Wildman–Crippen MR) is 142 cm³/mol. The number of nitrogens with one attached hydrogen (secondary N) is 1. The lowest BCUT2D eigenvalue weighted by atomic mass is 9.72. The number of amides is 2. The molecule has 0 radical (unpaired) electrons. The van der Waals surface area contributed by atoms with Crippen LogP contribution in [0.4, 0.5) is 9.18 Å². The number of aliphatic hydroxyl groups is 1.